The molecular formula is C13H16N4O2. The van der Waals surface area contributed by atoms with Gasteiger partial charge in [-0.05, 0) is 25.0 Å². The molecule has 2 aromatic rings. The van der Waals surface area contributed by atoms with Crippen LogP contribution in [0.4, 0.5) is 0 Å². The van der Waals surface area contributed by atoms with Crippen LogP contribution in [-0.4, -0.2) is 27.7 Å². The van der Waals surface area contributed by atoms with Crippen LogP contribution in [0.2, 0.25) is 0 Å². The number of para-hydroxylation sites is 1. The van der Waals surface area contributed by atoms with E-state index in [0.717, 1.165) is 16.9 Å². The van der Waals surface area contributed by atoms with Crippen molar-refractivity contribution < 1.29 is 9.53 Å². The Morgan fingerprint density at radius 2 is 2.11 bits per heavy atom. The summed E-state index contributed by atoms with van der Waals surface area (Å²) in [5.41, 5.74) is 2.03. The number of ether oxygens (including phenoxy) is 1. The molecule has 0 aliphatic rings. The van der Waals surface area contributed by atoms with Gasteiger partial charge in [0.05, 0.1) is 6.54 Å². The Kier molecular flexibility index (Phi) is 4.12. The van der Waals surface area contributed by atoms with Crippen LogP contribution < -0.4 is 10.1 Å². The van der Waals surface area contributed by atoms with Crippen LogP contribution in [0.1, 0.15) is 17.0 Å². The van der Waals surface area contributed by atoms with Gasteiger partial charge in [-0.25, -0.2) is 4.98 Å². The van der Waals surface area contributed by atoms with Gasteiger partial charge in [-0.3, -0.25) is 9.89 Å². The van der Waals surface area contributed by atoms with Gasteiger partial charge in [0.1, 0.15) is 17.9 Å². The molecular weight excluding hydrogens is 244 g/mol. The van der Waals surface area contributed by atoms with E-state index >= 15 is 0 Å². The highest BCUT2D eigenvalue weighted by Crippen LogP contribution is 2.21. The number of H-pyrrole nitrogens is 1. The third-order valence-electron chi connectivity index (χ3n) is 2.67. The first-order chi connectivity index (χ1) is 9.16. The minimum absolute atomic E-state index is 0.0141. The summed E-state index contributed by atoms with van der Waals surface area (Å²) in [5, 5.41) is 9.06. The summed E-state index contributed by atoms with van der Waals surface area (Å²) in [4.78, 5) is 15.5. The van der Waals surface area contributed by atoms with Crippen LogP contribution in [0, 0.1) is 13.8 Å². The average molecular weight is 260 g/mol. The first-order valence-electron chi connectivity index (χ1n) is 5.97. The quantitative estimate of drug-likeness (QED) is 0.844. The molecule has 19 heavy (non-hydrogen) atoms. The second-order valence-corrected chi connectivity index (χ2v) is 4.22. The Morgan fingerprint density at radius 1 is 1.37 bits per heavy atom. The molecule has 0 radical (unpaired) electrons. The van der Waals surface area contributed by atoms with Crippen LogP contribution in [0.25, 0.3) is 0 Å². The van der Waals surface area contributed by atoms with E-state index in [9.17, 15) is 4.79 Å². The van der Waals surface area contributed by atoms with Gasteiger partial charge >= 0.3 is 0 Å². The van der Waals surface area contributed by atoms with Crippen LogP contribution in [0.3, 0.4) is 0 Å². The maximum Gasteiger partial charge on any atom is 0.258 e. The van der Waals surface area contributed by atoms with Gasteiger partial charge in [-0.2, -0.15) is 5.10 Å². The monoisotopic (exact) mass is 260 g/mol. The van der Waals surface area contributed by atoms with Crippen molar-refractivity contribution in [3.05, 3.63) is 41.5 Å². The van der Waals surface area contributed by atoms with E-state index in [0.29, 0.717) is 12.4 Å². The standard InChI is InChI=1S/C13H16N4O2/c1-9-4-3-5-10(2)13(9)19-7-12(18)14-6-11-15-8-16-17-11/h3-5,8H,6-7H2,1-2H3,(H,14,18)(H,15,16,17). The molecule has 6 nitrogen and oxygen atoms in total. The number of nitrogens with zero attached hydrogens (tertiary/aromatic N) is 2. The fourth-order valence-corrected chi connectivity index (χ4v) is 1.71. The Bertz CT molecular complexity index is 532. The number of nitrogens with one attached hydrogen (secondary N) is 2. The fourth-order valence-electron chi connectivity index (χ4n) is 1.71. The molecule has 0 aliphatic carbocycles. The number of hydrogen-bond donors (Lipinski definition) is 2. The molecule has 1 aromatic heterocycles. The van der Waals surface area contributed by atoms with Crippen LogP contribution in [0.5, 0.6) is 5.75 Å². The highest BCUT2D eigenvalue weighted by molar-refractivity contribution is 5.77. The third-order valence-corrected chi connectivity index (χ3v) is 2.67. The number of rotatable bonds is 5. The predicted molar refractivity (Wildman–Crippen MR) is 69.6 cm³/mol. The van der Waals surface area contributed by atoms with Crippen molar-refractivity contribution in [1.82, 2.24) is 20.5 Å². The summed E-state index contributed by atoms with van der Waals surface area (Å²) in [6.07, 6.45) is 1.40. The summed E-state index contributed by atoms with van der Waals surface area (Å²) in [6, 6.07) is 5.87. The van der Waals surface area contributed by atoms with Crippen LogP contribution in [-0.2, 0) is 11.3 Å². The maximum atomic E-state index is 11.6. The molecule has 100 valence electrons. The van der Waals surface area contributed by atoms with Gasteiger partial charge in [-0.1, -0.05) is 18.2 Å². The number of benzene rings is 1. The predicted octanol–water partition coefficient (Wildman–Crippen LogP) is 1.12. The second kappa shape index (κ2) is 5.99. The molecule has 6 heteroatoms. The number of aryl methyl sites for hydroxylation is 2. The summed E-state index contributed by atoms with van der Waals surface area (Å²) >= 11 is 0. The Labute approximate surface area is 111 Å². The Morgan fingerprint density at radius 3 is 2.74 bits per heavy atom. The number of carbonyl (C=O) groups is 1. The first-order valence-corrected chi connectivity index (χ1v) is 5.97. The van der Waals surface area contributed by atoms with Crippen LogP contribution >= 0.6 is 0 Å². The van der Waals surface area contributed by atoms with Gasteiger partial charge in [-0.15, -0.1) is 0 Å². The van der Waals surface area contributed by atoms with Gasteiger partial charge in [0.25, 0.3) is 5.91 Å². The molecule has 1 heterocycles. The number of aromatic nitrogens is 3. The van der Waals surface area contributed by atoms with Crippen molar-refractivity contribution in [3.8, 4) is 5.75 Å². The first kappa shape index (κ1) is 13.1. The number of amides is 1. The molecule has 1 aromatic carbocycles. The zero-order chi connectivity index (χ0) is 13.7. The zero-order valence-electron chi connectivity index (χ0n) is 10.9. The van der Waals surface area contributed by atoms with Crippen molar-refractivity contribution in [2.45, 2.75) is 20.4 Å². The lowest BCUT2D eigenvalue weighted by Crippen LogP contribution is -2.29. The van der Waals surface area contributed by atoms with Crippen molar-refractivity contribution >= 4 is 5.91 Å². The topological polar surface area (TPSA) is 79.9 Å². The number of carbonyl (C=O) groups excluding carboxylic acids is 1. The molecule has 0 spiro atoms. The molecule has 2 rings (SSSR count). The smallest absolute Gasteiger partial charge is 0.258 e. The molecule has 0 atom stereocenters. The summed E-state index contributed by atoms with van der Waals surface area (Å²) in [5.74, 6) is 1.18. The molecule has 0 unspecified atom stereocenters. The van der Waals surface area contributed by atoms with Gasteiger partial charge in [0.15, 0.2) is 6.61 Å². The van der Waals surface area contributed by atoms with E-state index < -0.39 is 0 Å². The van der Waals surface area contributed by atoms with Crippen molar-refractivity contribution in [1.29, 1.82) is 0 Å². The fraction of sp³-hybridized carbons (Fsp3) is 0.308. The minimum Gasteiger partial charge on any atom is -0.483 e. The molecule has 0 saturated carbocycles. The zero-order valence-corrected chi connectivity index (χ0v) is 10.9. The summed E-state index contributed by atoms with van der Waals surface area (Å²) in [7, 11) is 0. The minimum atomic E-state index is -0.195. The average Bonchev–Trinajstić information content (AvgIpc) is 2.89. The number of hydrogen-bond acceptors (Lipinski definition) is 4. The second-order valence-electron chi connectivity index (χ2n) is 4.22. The van der Waals surface area contributed by atoms with E-state index in [1.54, 1.807) is 0 Å². The van der Waals surface area contributed by atoms with Crippen molar-refractivity contribution in [2.24, 2.45) is 0 Å². The largest absolute Gasteiger partial charge is 0.483 e. The summed E-state index contributed by atoms with van der Waals surface area (Å²) < 4.78 is 5.54. The lowest BCUT2D eigenvalue weighted by molar-refractivity contribution is -0.123. The van der Waals surface area contributed by atoms with Gasteiger partial charge in [0, 0.05) is 0 Å². The Hall–Kier alpha value is -2.37. The van der Waals surface area contributed by atoms with E-state index in [1.165, 1.54) is 6.33 Å². The van der Waals surface area contributed by atoms with E-state index in [4.69, 9.17) is 4.74 Å². The molecule has 0 saturated heterocycles. The lowest BCUT2D eigenvalue weighted by atomic mass is 10.1. The molecule has 0 bridgehead atoms. The summed E-state index contributed by atoms with van der Waals surface area (Å²) in [6.45, 7) is 4.21. The van der Waals surface area contributed by atoms with Crippen LogP contribution in [0.15, 0.2) is 24.5 Å². The van der Waals surface area contributed by atoms with Crippen molar-refractivity contribution in [3.63, 3.8) is 0 Å². The highest BCUT2D eigenvalue weighted by Gasteiger charge is 2.07. The molecule has 0 fully saturated rings. The lowest BCUT2D eigenvalue weighted by Gasteiger charge is -2.11. The molecule has 2 N–H and O–H groups in total. The van der Waals surface area contributed by atoms with E-state index in [2.05, 4.69) is 20.5 Å². The van der Waals surface area contributed by atoms with E-state index in [1.807, 2.05) is 32.0 Å². The molecule has 0 aliphatic heterocycles. The SMILES string of the molecule is Cc1cccc(C)c1OCC(=O)NCc1ncn[nH]1. The van der Waals surface area contributed by atoms with Crippen molar-refractivity contribution in [2.75, 3.05) is 6.61 Å². The van der Waals surface area contributed by atoms with Gasteiger partial charge < -0.3 is 10.1 Å². The molecule has 1 amide bonds. The van der Waals surface area contributed by atoms with Gasteiger partial charge in [0.2, 0.25) is 0 Å². The normalized spacial score (nSPS) is 10.2. The third kappa shape index (κ3) is 3.54. The van der Waals surface area contributed by atoms with E-state index in [-0.39, 0.29) is 12.5 Å². The number of aromatic amines is 1. The highest BCUT2D eigenvalue weighted by atomic mass is 16.5. The Balaban J connectivity index is 1.83. The maximum absolute atomic E-state index is 11.6.